The van der Waals surface area contributed by atoms with Gasteiger partial charge < -0.3 is 28.4 Å². The van der Waals surface area contributed by atoms with E-state index in [2.05, 4.69) is 6.92 Å². The fraction of sp³-hybridized carbons (Fsp3) is 0.923. The lowest BCUT2D eigenvalue weighted by Crippen LogP contribution is -2.59. The number of aliphatic hydroxyl groups excluding tert-OH is 1. The highest BCUT2D eigenvalue weighted by Crippen LogP contribution is 2.69. The van der Waals surface area contributed by atoms with Crippen LogP contribution in [-0.4, -0.2) is 85.6 Å². The number of carbonyl (C=O) groups excluding carboxylic acids is 3. The number of ether oxygens (including phenoxy) is 3. The molecular formula is C39H64O15S2-2. The van der Waals surface area contributed by atoms with Crippen molar-refractivity contribution in [3.05, 3.63) is 0 Å². The lowest BCUT2D eigenvalue weighted by molar-refractivity contribution is -0.188. The SMILES string of the molecule is CCCC(=O)OC(C(CC)C(C)C)C(OC(=O)CCC)[C@@H](C)[C@H]1[C@@H](O)[C@H](OC(C)=O)[C@H]2[C@@H]3CCC4C[C@H](OS(=O)(=O)[O-])[C@@H](OS(=O)(=O)[O-])C[C@]4(C)[C@H]3CC[C@@]21C. The molecule has 15 nitrogen and oxygen atoms in total. The van der Waals surface area contributed by atoms with Gasteiger partial charge in [-0.25, -0.2) is 16.8 Å². The van der Waals surface area contributed by atoms with E-state index < -0.39 is 104 Å². The average molecular weight is 837 g/mol. The zero-order valence-electron chi connectivity index (χ0n) is 34.3. The van der Waals surface area contributed by atoms with Crippen LogP contribution in [0.15, 0.2) is 0 Å². The first-order valence-electron chi connectivity index (χ1n) is 20.4. The first kappa shape index (κ1) is 46.8. The summed E-state index contributed by atoms with van der Waals surface area (Å²) in [7, 11) is -10.6. The van der Waals surface area contributed by atoms with Crippen molar-refractivity contribution >= 4 is 38.7 Å². The molecule has 1 N–H and O–H groups in total. The van der Waals surface area contributed by atoms with Gasteiger partial charge >= 0.3 is 17.9 Å². The van der Waals surface area contributed by atoms with Gasteiger partial charge in [0.2, 0.25) is 20.8 Å². The van der Waals surface area contributed by atoms with Crippen LogP contribution in [0.4, 0.5) is 0 Å². The molecule has 0 aromatic rings. The second-order valence-electron chi connectivity index (χ2n) is 17.8. The van der Waals surface area contributed by atoms with Gasteiger partial charge in [-0.15, -0.1) is 0 Å². The second-order valence-corrected chi connectivity index (χ2v) is 19.8. The second kappa shape index (κ2) is 18.2. The van der Waals surface area contributed by atoms with Crippen LogP contribution < -0.4 is 0 Å². The van der Waals surface area contributed by atoms with Crippen molar-refractivity contribution < 1.29 is 68.0 Å². The van der Waals surface area contributed by atoms with E-state index in [1.165, 1.54) is 6.92 Å². The van der Waals surface area contributed by atoms with Gasteiger partial charge in [-0.3, -0.25) is 22.7 Å². The fourth-order valence-corrected chi connectivity index (χ4v) is 13.1. The Hall–Kier alpha value is -1.89. The molecule has 4 aliphatic carbocycles. The molecule has 15 atom stereocenters. The van der Waals surface area contributed by atoms with Gasteiger partial charge in [0.15, 0.2) is 0 Å². The lowest BCUT2D eigenvalue weighted by atomic mass is 9.44. The molecule has 0 aromatic carbocycles. The summed E-state index contributed by atoms with van der Waals surface area (Å²) in [5, 5.41) is 12.5. The molecule has 0 amide bonds. The van der Waals surface area contributed by atoms with Crippen molar-refractivity contribution in [1.82, 2.24) is 0 Å². The number of fused-ring (bicyclic) bond motifs is 5. The quantitative estimate of drug-likeness (QED) is 0.0859. The number of aliphatic hydroxyl groups is 1. The maximum atomic E-state index is 13.4. The number of hydrogen-bond acceptors (Lipinski definition) is 15. The van der Waals surface area contributed by atoms with Crippen LogP contribution >= 0.6 is 0 Å². The molecule has 0 aliphatic heterocycles. The summed E-state index contributed by atoms with van der Waals surface area (Å²) in [4.78, 5) is 39.3. The summed E-state index contributed by atoms with van der Waals surface area (Å²) in [5.41, 5.74) is -1.41. The van der Waals surface area contributed by atoms with Crippen LogP contribution in [0.2, 0.25) is 0 Å². The molecule has 0 radical (unpaired) electrons. The predicted molar refractivity (Wildman–Crippen MR) is 199 cm³/mol. The summed E-state index contributed by atoms with van der Waals surface area (Å²) in [5.74, 6) is -3.72. The average Bonchev–Trinajstić information content (AvgIpc) is 3.27. The smallest absolute Gasteiger partial charge is 0.306 e. The van der Waals surface area contributed by atoms with Gasteiger partial charge in [0.1, 0.15) is 30.5 Å². The summed E-state index contributed by atoms with van der Waals surface area (Å²) >= 11 is 0. The highest BCUT2D eigenvalue weighted by atomic mass is 32.3. The largest absolute Gasteiger partial charge is 0.726 e. The monoisotopic (exact) mass is 836 g/mol. The summed E-state index contributed by atoms with van der Waals surface area (Å²) < 4.78 is 98.7. The molecule has 4 fully saturated rings. The minimum Gasteiger partial charge on any atom is -0.726 e. The van der Waals surface area contributed by atoms with Crippen molar-refractivity contribution in [3.8, 4) is 0 Å². The normalized spacial score (nSPS) is 36.6. The standard InChI is InChI=1S/C39H66O15S2/c1-10-13-30(41)51-35(36(25(12-3)21(4)5)52-31(42)14-11-2)22(6)32-34(43)37(50-23(7)40)33-26-16-15-24-19-28(53-55(44,45)46)29(54-56(47,48)49)20-39(24,9)27(26)17-18-38(32,33)8/h21-22,24-29,32-37,43H,10-20H2,1-9H3,(H,44,45,46)(H,47,48,49)/p-2/t22-,24?,25?,26+,27-,28-,29-,32-,33+,34+,35?,36?,37+,38+,39-/m0/s1. The zero-order chi connectivity index (χ0) is 42.1. The maximum Gasteiger partial charge on any atom is 0.306 e. The molecule has 56 heavy (non-hydrogen) atoms. The predicted octanol–water partition coefficient (Wildman–Crippen LogP) is 5.20. The molecule has 0 heterocycles. The van der Waals surface area contributed by atoms with E-state index in [1.54, 1.807) is 0 Å². The third-order valence-corrected chi connectivity index (χ3v) is 15.1. The highest BCUT2D eigenvalue weighted by Gasteiger charge is 2.69. The van der Waals surface area contributed by atoms with Crippen LogP contribution in [0.1, 0.15) is 133 Å². The summed E-state index contributed by atoms with van der Waals surface area (Å²) in [6.07, 6.45) is -2.75. The molecule has 0 spiro atoms. The Balaban J connectivity index is 1.80. The van der Waals surface area contributed by atoms with Gasteiger partial charge in [-0.05, 0) is 92.3 Å². The first-order chi connectivity index (χ1) is 25.9. The van der Waals surface area contributed by atoms with Crippen LogP contribution in [0.5, 0.6) is 0 Å². The Bertz CT molecular complexity index is 1620. The van der Waals surface area contributed by atoms with E-state index >= 15 is 0 Å². The molecule has 0 aromatic heterocycles. The van der Waals surface area contributed by atoms with E-state index in [4.69, 9.17) is 22.6 Å². The first-order valence-corrected chi connectivity index (χ1v) is 23.1. The Morgan fingerprint density at radius 3 is 1.88 bits per heavy atom. The lowest BCUT2D eigenvalue weighted by Gasteiger charge is -2.62. The van der Waals surface area contributed by atoms with E-state index in [0.717, 1.165) is 0 Å². The van der Waals surface area contributed by atoms with Gasteiger partial charge in [0.25, 0.3) is 0 Å². The van der Waals surface area contributed by atoms with Gasteiger partial charge in [-0.1, -0.05) is 55.4 Å². The van der Waals surface area contributed by atoms with Crippen molar-refractivity contribution in [2.75, 3.05) is 0 Å². The Kier molecular flexibility index (Phi) is 15.2. The molecule has 0 saturated heterocycles. The van der Waals surface area contributed by atoms with Gasteiger partial charge in [-0.2, -0.15) is 0 Å². The van der Waals surface area contributed by atoms with Gasteiger partial charge in [0.05, 0.1) is 6.10 Å². The Labute approximate surface area is 333 Å². The molecule has 4 aliphatic rings. The number of hydrogen-bond donors (Lipinski definition) is 1. The third kappa shape index (κ3) is 10.1. The van der Waals surface area contributed by atoms with Crippen LogP contribution in [0, 0.1) is 58.2 Å². The van der Waals surface area contributed by atoms with Gasteiger partial charge in [0, 0.05) is 43.4 Å². The minimum absolute atomic E-state index is 0.0314. The van der Waals surface area contributed by atoms with E-state index in [-0.39, 0.29) is 55.3 Å². The van der Waals surface area contributed by atoms with Crippen LogP contribution in [0.25, 0.3) is 0 Å². The topological polar surface area (TPSA) is 232 Å². The molecule has 17 heteroatoms. The summed E-state index contributed by atoms with van der Waals surface area (Å²) in [6.45, 7) is 17.0. The number of rotatable bonds is 17. The third-order valence-electron chi connectivity index (χ3n) is 14.1. The van der Waals surface area contributed by atoms with E-state index in [0.29, 0.717) is 44.9 Å². The van der Waals surface area contributed by atoms with E-state index in [1.807, 2.05) is 48.5 Å². The number of carbonyl (C=O) groups is 3. The Morgan fingerprint density at radius 1 is 0.821 bits per heavy atom. The van der Waals surface area contributed by atoms with Crippen LogP contribution in [0.3, 0.4) is 0 Å². The molecule has 324 valence electrons. The fourth-order valence-electron chi connectivity index (χ4n) is 12.1. The van der Waals surface area contributed by atoms with Crippen molar-refractivity contribution in [2.45, 2.75) is 170 Å². The molecular weight excluding hydrogens is 773 g/mol. The molecule has 4 saturated carbocycles. The van der Waals surface area contributed by atoms with Crippen molar-refractivity contribution in [1.29, 1.82) is 0 Å². The molecule has 4 unspecified atom stereocenters. The van der Waals surface area contributed by atoms with Crippen LogP contribution in [-0.2, 0) is 57.8 Å². The maximum absolute atomic E-state index is 13.4. The van der Waals surface area contributed by atoms with E-state index in [9.17, 15) is 45.4 Å². The summed E-state index contributed by atoms with van der Waals surface area (Å²) in [6, 6.07) is 0. The molecule has 4 rings (SSSR count). The van der Waals surface area contributed by atoms with Crippen molar-refractivity contribution in [3.63, 3.8) is 0 Å². The minimum atomic E-state index is -5.31. The van der Waals surface area contributed by atoms with Crippen molar-refractivity contribution in [2.24, 2.45) is 58.2 Å². The number of esters is 3. The molecule has 0 bridgehead atoms. The Morgan fingerprint density at radius 2 is 1.38 bits per heavy atom. The highest BCUT2D eigenvalue weighted by molar-refractivity contribution is 7.81. The zero-order valence-corrected chi connectivity index (χ0v) is 36.0.